The number of anilines is 1. The zero-order valence-electron chi connectivity index (χ0n) is 13.2. The summed E-state index contributed by atoms with van der Waals surface area (Å²) in [6.07, 6.45) is -4.69. The second kappa shape index (κ2) is 7.30. The maximum atomic E-state index is 12.3. The van der Waals surface area contributed by atoms with E-state index in [0.29, 0.717) is 5.69 Å². The minimum atomic E-state index is -4.69. The molecule has 1 N–H and O–H groups in total. The van der Waals surface area contributed by atoms with E-state index >= 15 is 0 Å². The second-order valence-corrected chi connectivity index (χ2v) is 5.47. The molecule has 0 heterocycles. The first kappa shape index (κ1) is 16.9. The second-order valence-electron chi connectivity index (χ2n) is 5.47. The number of ether oxygens (including phenoxy) is 1. The van der Waals surface area contributed by atoms with E-state index in [1.165, 1.54) is 12.1 Å². The maximum absolute atomic E-state index is 12.3. The fraction of sp³-hybridized carbons (Fsp3) is 0.100. The lowest BCUT2D eigenvalue weighted by molar-refractivity contribution is -0.274. The van der Waals surface area contributed by atoms with Crippen molar-refractivity contribution in [3.05, 3.63) is 96.1 Å². The lowest BCUT2D eigenvalue weighted by atomic mass is 9.98. The highest BCUT2D eigenvalue weighted by Gasteiger charge is 2.31. The third-order valence-electron chi connectivity index (χ3n) is 3.66. The van der Waals surface area contributed by atoms with Gasteiger partial charge in [-0.3, -0.25) is 0 Å². The highest BCUT2D eigenvalue weighted by molar-refractivity contribution is 5.51. The third-order valence-corrected chi connectivity index (χ3v) is 3.66. The van der Waals surface area contributed by atoms with E-state index in [4.69, 9.17) is 0 Å². The van der Waals surface area contributed by atoms with Gasteiger partial charge in [0, 0.05) is 5.69 Å². The van der Waals surface area contributed by atoms with Gasteiger partial charge in [0.15, 0.2) is 0 Å². The van der Waals surface area contributed by atoms with Crippen LogP contribution in [0.25, 0.3) is 0 Å². The topological polar surface area (TPSA) is 21.3 Å². The van der Waals surface area contributed by atoms with Gasteiger partial charge in [0.1, 0.15) is 5.75 Å². The van der Waals surface area contributed by atoms with Crippen molar-refractivity contribution in [3.63, 3.8) is 0 Å². The van der Waals surface area contributed by atoms with E-state index in [1.807, 2.05) is 60.7 Å². The van der Waals surface area contributed by atoms with Crippen LogP contribution in [0.2, 0.25) is 0 Å². The van der Waals surface area contributed by atoms with Crippen LogP contribution in [0.15, 0.2) is 84.9 Å². The van der Waals surface area contributed by atoms with Crippen molar-refractivity contribution in [2.75, 3.05) is 5.32 Å². The largest absolute Gasteiger partial charge is 0.573 e. The normalized spacial score (nSPS) is 11.4. The summed E-state index contributed by atoms with van der Waals surface area (Å²) in [4.78, 5) is 0. The van der Waals surface area contributed by atoms with Gasteiger partial charge in [0.05, 0.1) is 6.04 Å². The molecular formula is C20H16F3NO. The number of hydrogen-bond acceptors (Lipinski definition) is 2. The van der Waals surface area contributed by atoms with Gasteiger partial charge in [-0.1, -0.05) is 60.7 Å². The van der Waals surface area contributed by atoms with E-state index in [-0.39, 0.29) is 11.8 Å². The summed E-state index contributed by atoms with van der Waals surface area (Å²) in [5.74, 6) is -0.242. The Hall–Kier alpha value is -2.95. The van der Waals surface area contributed by atoms with Crippen molar-refractivity contribution in [1.82, 2.24) is 0 Å². The standard InChI is InChI=1S/C20H16F3NO/c21-20(22,23)25-18-13-11-17(12-14-18)24-19(15-7-3-1-4-8-15)16-9-5-2-6-10-16/h1-14,19,24H. The molecule has 128 valence electrons. The van der Waals surface area contributed by atoms with Gasteiger partial charge in [-0.05, 0) is 35.4 Å². The molecule has 3 rings (SSSR count). The summed E-state index contributed by atoms with van der Waals surface area (Å²) < 4.78 is 40.7. The Balaban J connectivity index is 1.84. The molecule has 2 nitrogen and oxygen atoms in total. The SMILES string of the molecule is FC(F)(F)Oc1ccc(NC(c2ccccc2)c2ccccc2)cc1. The number of hydrogen-bond donors (Lipinski definition) is 1. The Morgan fingerprint density at radius 2 is 1.16 bits per heavy atom. The van der Waals surface area contributed by atoms with Crippen molar-refractivity contribution >= 4 is 5.69 Å². The lowest BCUT2D eigenvalue weighted by Crippen LogP contribution is -2.17. The quantitative estimate of drug-likeness (QED) is 0.633. The summed E-state index contributed by atoms with van der Waals surface area (Å²) in [5, 5.41) is 3.36. The van der Waals surface area contributed by atoms with Crippen LogP contribution in [0.3, 0.4) is 0 Å². The van der Waals surface area contributed by atoms with Gasteiger partial charge in [0.25, 0.3) is 0 Å². The highest BCUT2D eigenvalue weighted by atomic mass is 19.4. The van der Waals surface area contributed by atoms with Gasteiger partial charge >= 0.3 is 6.36 Å². The molecule has 0 aliphatic heterocycles. The third kappa shape index (κ3) is 4.76. The molecular weight excluding hydrogens is 327 g/mol. The predicted octanol–water partition coefficient (Wildman–Crippen LogP) is 5.79. The molecule has 0 aromatic heterocycles. The summed E-state index contributed by atoms with van der Waals surface area (Å²) in [6.45, 7) is 0. The number of nitrogens with one attached hydrogen (secondary N) is 1. The molecule has 0 spiro atoms. The van der Waals surface area contributed by atoms with Crippen LogP contribution in [-0.4, -0.2) is 6.36 Å². The molecule has 5 heteroatoms. The van der Waals surface area contributed by atoms with Gasteiger partial charge in [0.2, 0.25) is 0 Å². The zero-order chi connectivity index (χ0) is 17.7. The average molecular weight is 343 g/mol. The Morgan fingerprint density at radius 3 is 1.60 bits per heavy atom. The molecule has 0 radical (unpaired) electrons. The maximum Gasteiger partial charge on any atom is 0.573 e. The van der Waals surface area contributed by atoms with E-state index in [1.54, 1.807) is 12.1 Å². The minimum absolute atomic E-state index is 0.114. The van der Waals surface area contributed by atoms with Crippen LogP contribution in [0, 0.1) is 0 Å². The molecule has 0 unspecified atom stereocenters. The van der Waals surface area contributed by atoms with Crippen LogP contribution in [0.1, 0.15) is 17.2 Å². The molecule has 0 fully saturated rings. The predicted molar refractivity (Wildman–Crippen MR) is 91.5 cm³/mol. The van der Waals surface area contributed by atoms with Gasteiger partial charge < -0.3 is 10.1 Å². The molecule has 3 aromatic carbocycles. The van der Waals surface area contributed by atoms with Gasteiger partial charge in [-0.25, -0.2) is 0 Å². The van der Waals surface area contributed by atoms with Crippen molar-refractivity contribution in [3.8, 4) is 5.75 Å². The highest BCUT2D eigenvalue weighted by Crippen LogP contribution is 2.29. The summed E-state index contributed by atoms with van der Waals surface area (Å²) in [6, 6.07) is 25.3. The van der Waals surface area contributed by atoms with Gasteiger partial charge in [-0.15, -0.1) is 13.2 Å². The molecule has 0 amide bonds. The molecule has 3 aromatic rings. The van der Waals surface area contributed by atoms with Crippen molar-refractivity contribution in [2.24, 2.45) is 0 Å². The number of benzene rings is 3. The van der Waals surface area contributed by atoms with E-state index in [2.05, 4.69) is 10.1 Å². The first-order chi connectivity index (χ1) is 12.0. The monoisotopic (exact) mass is 343 g/mol. The van der Waals surface area contributed by atoms with Crippen molar-refractivity contribution in [1.29, 1.82) is 0 Å². The molecule has 0 aliphatic carbocycles. The fourth-order valence-electron chi connectivity index (χ4n) is 2.57. The fourth-order valence-corrected chi connectivity index (χ4v) is 2.57. The number of rotatable bonds is 5. The van der Waals surface area contributed by atoms with Crippen LogP contribution in [-0.2, 0) is 0 Å². The first-order valence-electron chi connectivity index (χ1n) is 7.73. The van der Waals surface area contributed by atoms with Crippen LogP contribution in [0.4, 0.5) is 18.9 Å². The van der Waals surface area contributed by atoms with Gasteiger partial charge in [-0.2, -0.15) is 0 Å². The molecule has 0 bridgehead atoms. The molecule has 0 atom stereocenters. The van der Waals surface area contributed by atoms with Crippen LogP contribution in [0.5, 0.6) is 5.75 Å². The Bertz CT molecular complexity index is 747. The Morgan fingerprint density at radius 1 is 0.680 bits per heavy atom. The summed E-state index contributed by atoms with van der Waals surface area (Å²) in [7, 11) is 0. The zero-order valence-corrected chi connectivity index (χ0v) is 13.2. The Kier molecular flexibility index (Phi) is 4.93. The Labute approximate surface area is 143 Å². The van der Waals surface area contributed by atoms with Crippen molar-refractivity contribution < 1.29 is 17.9 Å². The summed E-state index contributed by atoms with van der Waals surface area (Å²) in [5.41, 5.74) is 2.82. The van der Waals surface area contributed by atoms with E-state index < -0.39 is 6.36 Å². The smallest absolute Gasteiger partial charge is 0.406 e. The number of alkyl halides is 3. The number of halogens is 3. The first-order valence-corrected chi connectivity index (χ1v) is 7.73. The minimum Gasteiger partial charge on any atom is -0.406 e. The van der Waals surface area contributed by atoms with E-state index in [9.17, 15) is 13.2 Å². The van der Waals surface area contributed by atoms with Crippen molar-refractivity contribution in [2.45, 2.75) is 12.4 Å². The average Bonchev–Trinajstić information content (AvgIpc) is 2.61. The summed E-state index contributed by atoms with van der Waals surface area (Å²) >= 11 is 0. The molecule has 25 heavy (non-hydrogen) atoms. The van der Waals surface area contributed by atoms with E-state index in [0.717, 1.165) is 11.1 Å². The lowest BCUT2D eigenvalue weighted by Gasteiger charge is -2.21. The molecule has 0 saturated heterocycles. The van der Waals surface area contributed by atoms with Crippen LogP contribution >= 0.6 is 0 Å². The molecule has 0 saturated carbocycles. The molecule has 0 aliphatic rings. The van der Waals surface area contributed by atoms with Crippen LogP contribution < -0.4 is 10.1 Å².